The summed E-state index contributed by atoms with van der Waals surface area (Å²) in [4.78, 5) is 15.2. The van der Waals surface area contributed by atoms with Crippen molar-refractivity contribution in [3.63, 3.8) is 0 Å². The highest BCUT2D eigenvalue weighted by Gasteiger charge is 2.30. The molecule has 6 heteroatoms. The van der Waals surface area contributed by atoms with Crippen LogP contribution in [0.1, 0.15) is 97.6 Å². The molecule has 180 valence electrons. The van der Waals surface area contributed by atoms with Crippen molar-refractivity contribution in [2.75, 3.05) is 5.75 Å². The summed E-state index contributed by atoms with van der Waals surface area (Å²) in [6, 6.07) is 9.86. The molecule has 1 aliphatic heterocycles. The molecule has 4 rings (SSSR count). The van der Waals surface area contributed by atoms with E-state index in [-0.39, 0.29) is 11.3 Å². The molecule has 2 heterocycles. The van der Waals surface area contributed by atoms with Gasteiger partial charge in [-0.05, 0) is 56.9 Å². The summed E-state index contributed by atoms with van der Waals surface area (Å²) in [6.45, 7) is 11.1. The van der Waals surface area contributed by atoms with Crippen LogP contribution in [0.15, 0.2) is 29.4 Å². The summed E-state index contributed by atoms with van der Waals surface area (Å²) >= 11 is 1.57. The Morgan fingerprint density at radius 3 is 2.18 bits per heavy atom. The van der Waals surface area contributed by atoms with Crippen molar-refractivity contribution in [3.05, 3.63) is 29.8 Å². The maximum atomic E-state index is 13.1. The van der Waals surface area contributed by atoms with Crippen LogP contribution in [0, 0.1) is 0 Å². The van der Waals surface area contributed by atoms with Gasteiger partial charge in [-0.25, -0.2) is 0 Å². The first-order chi connectivity index (χ1) is 15.8. The highest BCUT2D eigenvalue weighted by atomic mass is 32.2. The first-order valence-electron chi connectivity index (χ1n) is 12.8. The average molecular weight is 469 g/mol. The molecule has 1 saturated heterocycles. The molecule has 2 unspecified atom stereocenters. The number of benzene rings is 1. The number of carbonyl (C=O) groups excluding carboxylic acids is 1. The van der Waals surface area contributed by atoms with E-state index in [1.165, 1.54) is 31.2 Å². The highest BCUT2D eigenvalue weighted by molar-refractivity contribution is 7.99. The predicted octanol–water partition coefficient (Wildman–Crippen LogP) is 6.63. The van der Waals surface area contributed by atoms with Gasteiger partial charge in [-0.15, -0.1) is 10.2 Å². The summed E-state index contributed by atoms with van der Waals surface area (Å²) in [7, 11) is 0. The van der Waals surface area contributed by atoms with Crippen molar-refractivity contribution in [1.29, 1.82) is 0 Å². The minimum absolute atomic E-state index is 0.125. The molecule has 0 radical (unpaired) electrons. The zero-order valence-electron chi connectivity index (χ0n) is 21.0. The summed E-state index contributed by atoms with van der Waals surface area (Å²) in [5.74, 6) is 1.61. The fourth-order valence-electron chi connectivity index (χ4n) is 5.47. The number of likely N-dealkylation sites (tertiary alicyclic amines) is 1. The molecule has 2 aromatic rings. The van der Waals surface area contributed by atoms with E-state index in [9.17, 15) is 4.79 Å². The number of amides is 1. The predicted molar refractivity (Wildman–Crippen MR) is 137 cm³/mol. The van der Waals surface area contributed by atoms with Gasteiger partial charge in [-0.3, -0.25) is 9.36 Å². The lowest BCUT2D eigenvalue weighted by Gasteiger charge is -2.39. The number of thioether (sulfide) groups is 1. The highest BCUT2D eigenvalue weighted by Crippen LogP contribution is 2.36. The SMILES string of the molecule is CC1CCCC(C)N1C(=O)CSc1nnc(-c2ccc(C(C)(C)C)cc2)n1C1CCCCC1. The number of carbonyl (C=O) groups is 1. The number of nitrogens with zero attached hydrogens (tertiary/aromatic N) is 4. The van der Waals surface area contributed by atoms with Crippen LogP contribution in [0.25, 0.3) is 11.4 Å². The van der Waals surface area contributed by atoms with Crippen molar-refractivity contribution in [2.24, 2.45) is 0 Å². The molecule has 2 fully saturated rings. The zero-order valence-corrected chi connectivity index (χ0v) is 21.8. The van der Waals surface area contributed by atoms with E-state index in [1.807, 2.05) is 0 Å². The molecule has 0 bridgehead atoms. The average Bonchev–Trinajstić information content (AvgIpc) is 3.21. The maximum absolute atomic E-state index is 13.1. The van der Waals surface area contributed by atoms with Crippen molar-refractivity contribution >= 4 is 17.7 Å². The van der Waals surface area contributed by atoms with Crippen molar-refractivity contribution in [3.8, 4) is 11.4 Å². The fraction of sp³-hybridized carbons (Fsp3) is 0.667. The van der Waals surface area contributed by atoms with Gasteiger partial charge in [0.15, 0.2) is 11.0 Å². The topological polar surface area (TPSA) is 51.0 Å². The number of piperidine rings is 1. The van der Waals surface area contributed by atoms with Crippen LogP contribution in [0.4, 0.5) is 0 Å². The van der Waals surface area contributed by atoms with E-state index in [0.29, 0.717) is 23.9 Å². The van der Waals surface area contributed by atoms with Crippen LogP contribution in [0.3, 0.4) is 0 Å². The van der Waals surface area contributed by atoms with Gasteiger partial charge in [0.25, 0.3) is 0 Å². The molecule has 0 N–H and O–H groups in total. The van der Waals surface area contributed by atoms with E-state index in [1.54, 1.807) is 11.8 Å². The molecule has 1 aliphatic carbocycles. The minimum atomic E-state index is 0.125. The van der Waals surface area contributed by atoms with Crippen LogP contribution in [-0.2, 0) is 10.2 Å². The van der Waals surface area contributed by atoms with Gasteiger partial charge in [0.2, 0.25) is 5.91 Å². The second kappa shape index (κ2) is 10.2. The van der Waals surface area contributed by atoms with Crippen LogP contribution in [0.2, 0.25) is 0 Å². The van der Waals surface area contributed by atoms with Crippen LogP contribution in [-0.4, -0.2) is 43.4 Å². The van der Waals surface area contributed by atoms with Gasteiger partial charge in [0.05, 0.1) is 5.75 Å². The van der Waals surface area contributed by atoms with E-state index >= 15 is 0 Å². The molecular weight excluding hydrogens is 428 g/mol. The Balaban J connectivity index is 1.58. The molecule has 1 aromatic heterocycles. The normalized spacial score (nSPS) is 22.5. The molecule has 1 aromatic carbocycles. The van der Waals surface area contributed by atoms with Gasteiger partial charge < -0.3 is 4.90 Å². The fourth-order valence-corrected chi connectivity index (χ4v) is 6.35. The molecule has 5 nitrogen and oxygen atoms in total. The number of hydrogen-bond acceptors (Lipinski definition) is 4. The molecule has 1 amide bonds. The molecule has 1 saturated carbocycles. The van der Waals surface area contributed by atoms with E-state index in [4.69, 9.17) is 0 Å². The first kappa shape index (κ1) is 24.3. The van der Waals surface area contributed by atoms with E-state index in [0.717, 1.165) is 42.2 Å². The smallest absolute Gasteiger partial charge is 0.233 e. The van der Waals surface area contributed by atoms with Crippen molar-refractivity contribution in [2.45, 2.75) is 115 Å². The van der Waals surface area contributed by atoms with E-state index in [2.05, 4.69) is 78.5 Å². The van der Waals surface area contributed by atoms with Gasteiger partial charge in [-0.2, -0.15) is 0 Å². The van der Waals surface area contributed by atoms with Crippen LogP contribution in [0.5, 0.6) is 0 Å². The first-order valence-corrected chi connectivity index (χ1v) is 13.7. The lowest BCUT2D eigenvalue weighted by molar-refractivity contribution is -0.134. The summed E-state index contributed by atoms with van der Waals surface area (Å²) in [5.41, 5.74) is 2.55. The van der Waals surface area contributed by atoms with Gasteiger partial charge in [0, 0.05) is 23.7 Å². The molecular formula is C27H40N4OS. The van der Waals surface area contributed by atoms with Crippen molar-refractivity contribution in [1.82, 2.24) is 19.7 Å². The third kappa shape index (κ3) is 5.47. The van der Waals surface area contributed by atoms with Gasteiger partial charge in [-0.1, -0.05) is 76.1 Å². The van der Waals surface area contributed by atoms with E-state index < -0.39 is 0 Å². The summed E-state index contributed by atoms with van der Waals surface area (Å²) in [5, 5.41) is 10.1. The quantitative estimate of drug-likeness (QED) is 0.462. The Bertz CT molecular complexity index is 930. The Labute approximate surface area is 203 Å². The lowest BCUT2D eigenvalue weighted by atomic mass is 9.86. The Morgan fingerprint density at radius 2 is 1.58 bits per heavy atom. The molecule has 0 spiro atoms. The van der Waals surface area contributed by atoms with Crippen LogP contribution < -0.4 is 0 Å². The lowest BCUT2D eigenvalue weighted by Crippen LogP contribution is -2.48. The van der Waals surface area contributed by atoms with Gasteiger partial charge >= 0.3 is 0 Å². The maximum Gasteiger partial charge on any atom is 0.233 e. The molecule has 33 heavy (non-hydrogen) atoms. The zero-order chi connectivity index (χ0) is 23.6. The largest absolute Gasteiger partial charge is 0.337 e. The number of rotatable bonds is 5. The Hall–Kier alpha value is -1.82. The van der Waals surface area contributed by atoms with Crippen molar-refractivity contribution < 1.29 is 4.79 Å². The standard InChI is InChI=1S/C27H40N4OS/c1-19-10-9-11-20(2)30(19)24(32)18-33-26-29-28-25(31(26)23-12-7-6-8-13-23)21-14-16-22(17-15-21)27(3,4)5/h14-17,19-20,23H,6-13,18H2,1-5H3. The third-order valence-electron chi connectivity index (χ3n) is 7.42. The van der Waals surface area contributed by atoms with Gasteiger partial charge in [0.1, 0.15) is 0 Å². The Morgan fingerprint density at radius 1 is 0.939 bits per heavy atom. The third-order valence-corrected chi connectivity index (χ3v) is 8.35. The van der Waals surface area contributed by atoms with Crippen LogP contribution >= 0.6 is 11.8 Å². The minimum Gasteiger partial charge on any atom is -0.337 e. The monoisotopic (exact) mass is 468 g/mol. The number of hydrogen-bond donors (Lipinski definition) is 0. The second-order valence-electron chi connectivity index (χ2n) is 11.0. The molecule has 2 aliphatic rings. The molecule has 2 atom stereocenters. The number of aromatic nitrogens is 3. The summed E-state index contributed by atoms with van der Waals surface area (Å²) in [6.07, 6.45) is 9.54. The summed E-state index contributed by atoms with van der Waals surface area (Å²) < 4.78 is 2.34. The second-order valence-corrected chi connectivity index (χ2v) is 12.0. The Kier molecular flexibility index (Phi) is 7.52.